The fraction of sp³-hybridized carbons (Fsp3) is 0.278. The third-order valence-corrected chi connectivity index (χ3v) is 5.89. The highest BCUT2D eigenvalue weighted by Crippen LogP contribution is 2.37. The molecule has 0 saturated heterocycles. The van der Waals surface area contributed by atoms with E-state index in [2.05, 4.69) is 10.1 Å². The lowest BCUT2D eigenvalue weighted by atomic mass is 10.1. The van der Waals surface area contributed by atoms with Crippen LogP contribution in [0.15, 0.2) is 30.6 Å². The number of hydrogen-bond donors (Lipinski definition) is 1. The first-order chi connectivity index (χ1) is 11.8. The van der Waals surface area contributed by atoms with Gasteiger partial charge in [-0.2, -0.15) is 0 Å². The Bertz CT molecular complexity index is 1070. The Hall–Kier alpha value is -2.47. The molecule has 4 aromatic rings. The van der Waals surface area contributed by atoms with Crippen LogP contribution in [0.5, 0.6) is 5.75 Å². The summed E-state index contributed by atoms with van der Waals surface area (Å²) in [6.45, 7) is 0. The fourth-order valence-electron chi connectivity index (χ4n) is 3.51. The van der Waals surface area contributed by atoms with E-state index in [0.717, 1.165) is 28.7 Å². The number of nitrogens with zero attached hydrogens (tertiary/aromatic N) is 4. The molecule has 0 unspecified atom stereocenters. The number of thiophene rings is 1. The van der Waals surface area contributed by atoms with Gasteiger partial charge in [0.1, 0.15) is 16.9 Å². The fourth-order valence-corrected chi connectivity index (χ4v) is 4.73. The van der Waals surface area contributed by atoms with Crippen LogP contribution in [0.2, 0.25) is 0 Å². The Kier molecular flexibility index (Phi) is 3.06. The Morgan fingerprint density at radius 3 is 2.88 bits per heavy atom. The summed E-state index contributed by atoms with van der Waals surface area (Å²) in [5, 5.41) is 15.8. The second-order valence-electron chi connectivity index (χ2n) is 6.21. The number of aromatic nitrogens is 4. The number of fused-ring (bicyclic) bond motifs is 5. The number of benzene rings is 1. The molecule has 120 valence electrons. The van der Waals surface area contributed by atoms with Crippen molar-refractivity contribution >= 4 is 27.2 Å². The van der Waals surface area contributed by atoms with E-state index in [9.17, 15) is 5.11 Å². The van der Waals surface area contributed by atoms with Crippen molar-refractivity contribution in [3.05, 3.63) is 41.0 Å². The van der Waals surface area contributed by atoms with Crippen molar-refractivity contribution in [2.75, 3.05) is 0 Å². The SMILES string of the molecule is Oc1ccccc1-c1nc2c3c4c(sc3ncn2n1)CCCCC4. The second-order valence-corrected chi connectivity index (χ2v) is 7.29. The van der Waals surface area contributed by atoms with Crippen LogP contribution < -0.4 is 0 Å². The van der Waals surface area contributed by atoms with Crippen molar-refractivity contribution in [2.24, 2.45) is 0 Å². The zero-order chi connectivity index (χ0) is 16.1. The average molecular weight is 336 g/mol. The average Bonchev–Trinajstić information content (AvgIpc) is 3.09. The standard InChI is InChI=1S/C18H16N4OS/c23-13-8-5-4-6-11(13)16-20-17-15-12-7-2-1-3-9-14(12)24-18(15)19-10-22(17)21-16/h4-6,8,10,23H,1-3,7,9H2. The summed E-state index contributed by atoms with van der Waals surface area (Å²) in [7, 11) is 0. The smallest absolute Gasteiger partial charge is 0.185 e. The monoisotopic (exact) mass is 336 g/mol. The number of hydrogen-bond acceptors (Lipinski definition) is 5. The molecular formula is C18H16N4OS. The van der Waals surface area contributed by atoms with Crippen molar-refractivity contribution in [1.29, 1.82) is 0 Å². The van der Waals surface area contributed by atoms with Crippen LogP contribution in [0.4, 0.5) is 0 Å². The van der Waals surface area contributed by atoms with Crippen LogP contribution in [0.25, 0.3) is 27.3 Å². The molecule has 0 amide bonds. The minimum atomic E-state index is 0.196. The van der Waals surface area contributed by atoms with Gasteiger partial charge in [0.25, 0.3) is 0 Å². The summed E-state index contributed by atoms with van der Waals surface area (Å²) >= 11 is 1.79. The summed E-state index contributed by atoms with van der Waals surface area (Å²) < 4.78 is 1.74. The molecule has 3 heterocycles. The van der Waals surface area contributed by atoms with Crippen LogP contribution in [-0.4, -0.2) is 24.7 Å². The third-order valence-electron chi connectivity index (χ3n) is 4.69. The molecule has 0 atom stereocenters. The summed E-state index contributed by atoms with van der Waals surface area (Å²) in [4.78, 5) is 11.8. The minimum Gasteiger partial charge on any atom is -0.507 e. The minimum absolute atomic E-state index is 0.196. The molecule has 0 aliphatic heterocycles. The Balaban J connectivity index is 1.79. The molecule has 3 aromatic heterocycles. The lowest BCUT2D eigenvalue weighted by Crippen LogP contribution is -1.92. The zero-order valence-electron chi connectivity index (χ0n) is 13.1. The van der Waals surface area contributed by atoms with Gasteiger partial charge in [0.2, 0.25) is 0 Å². The predicted octanol–water partition coefficient (Wildman–Crippen LogP) is 3.98. The van der Waals surface area contributed by atoms with Crippen LogP contribution in [0.3, 0.4) is 0 Å². The molecule has 5 nitrogen and oxygen atoms in total. The van der Waals surface area contributed by atoms with Crippen molar-refractivity contribution in [1.82, 2.24) is 19.6 Å². The molecule has 1 aromatic carbocycles. The van der Waals surface area contributed by atoms with Gasteiger partial charge in [-0.25, -0.2) is 14.5 Å². The van der Waals surface area contributed by atoms with Gasteiger partial charge in [-0.1, -0.05) is 18.6 Å². The molecule has 1 aliphatic rings. The number of para-hydroxylation sites is 1. The van der Waals surface area contributed by atoms with Crippen molar-refractivity contribution < 1.29 is 5.11 Å². The Labute approximate surface area is 142 Å². The van der Waals surface area contributed by atoms with Gasteiger partial charge in [-0.3, -0.25) is 0 Å². The van der Waals surface area contributed by atoms with Crippen molar-refractivity contribution in [3.8, 4) is 17.1 Å². The normalized spacial score (nSPS) is 14.8. The maximum absolute atomic E-state index is 10.1. The van der Waals surface area contributed by atoms with Crippen LogP contribution >= 0.6 is 11.3 Å². The van der Waals surface area contributed by atoms with E-state index in [1.54, 1.807) is 34.3 Å². The second kappa shape index (κ2) is 5.27. The summed E-state index contributed by atoms with van der Waals surface area (Å²) in [6.07, 6.45) is 7.73. The highest BCUT2D eigenvalue weighted by molar-refractivity contribution is 7.19. The topological polar surface area (TPSA) is 63.3 Å². The molecule has 0 spiro atoms. The molecule has 6 heteroatoms. The van der Waals surface area contributed by atoms with Gasteiger partial charge in [0.15, 0.2) is 11.5 Å². The lowest BCUT2D eigenvalue weighted by molar-refractivity contribution is 0.477. The van der Waals surface area contributed by atoms with Crippen molar-refractivity contribution in [3.63, 3.8) is 0 Å². The first-order valence-corrected chi connectivity index (χ1v) is 9.07. The van der Waals surface area contributed by atoms with Gasteiger partial charge in [0, 0.05) is 4.88 Å². The molecule has 1 N–H and O–H groups in total. The van der Waals surface area contributed by atoms with Crippen LogP contribution in [0.1, 0.15) is 29.7 Å². The first-order valence-electron chi connectivity index (χ1n) is 8.25. The lowest BCUT2D eigenvalue weighted by Gasteiger charge is -1.99. The number of rotatable bonds is 1. The highest BCUT2D eigenvalue weighted by atomic mass is 32.1. The van der Waals surface area contributed by atoms with E-state index in [-0.39, 0.29) is 5.75 Å². The molecule has 24 heavy (non-hydrogen) atoms. The van der Waals surface area contributed by atoms with E-state index < -0.39 is 0 Å². The quantitative estimate of drug-likeness (QED) is 0.534. The zero-order valence-corrected chi connectivity index (χ0v) is 13.9. The van der Waals surface area contributed by atoms with E-state index in [4.69, 9.17) is 4.98 Å². The summed E-state index contributed by atoms with van der Waals surface area (Å²) in [5.41, 5.74) is 2.90. The van der Waals surface area contributed by atoms with Gasteiger partial charge in [-0.15, -0.1) is 16.4 Å². The molecule has 0 radical (unpaired) electrons. The number of aromatic hydroxyl groups is 1. The maximum atomic E-state index is 10.1. The van der Waals surface area contributed by atoms with Gasteiger partial charge in [-0.05, 0) is 43.4 Å². The highest BCUT2D eigenvalue weighted by Gasteiger charge is 2.20. The van der Waals surface area contributed by atoms with Crippen LogP contribution in [0, 0.1) is 0 Å². The Morgan fingerprint density at radius 1 is 1.08 bits per heavy atom. The van der Waals surface area contributed by atoms with E-state index in [1.165, 1.54) is 29.7 Å². The third kappa shape index (κ3) is 2.03. The first kappa shape index (κ1) is 13.9. The number of phenols is 1. The molecule has 0 saturated carbocycles. The molecule has 0 bridgehead atoms. The summed E-state index contributed by atoms with van der Waals surface area (Å²) in [5.74, 6) is 0.734. The van der Waals surface area contributed by atoms with E-state index >= 15 is 0 Å². The maximum Gasteiger partial charge on any atom is 0.185 e. The Morgan fingerprint density at radius 2 is 1.96 bits per heavy atom. The van der Waals surface area contributed by atoms with Crippen molar-refractivity contribution in [2.45, 2.75) is 32.1 Å². The molecule has 1 aliphatic carbocycles. The molecular weight excluding hydrogens is 320 g/mol. The van der Waals surface area contributed by atoms with E-state index in [1.807, 2.05) is 12.1 Å². The molecule has 5 rings (SSSR count). The largest absolute Gasteiger partial charge is 0.507 e. The predicted molar refractivity (Wildman–Crippen MR) is 94.5 cm³/mol. The van der Waals surface area contributed by atoms with Gasteiger partial charge >= 0.3 is 0 Å². The summed E-state index contributed by atoms with van der Waals surface area (Å²) in [6, 6.07) is 7.17. The number of phenolic OH excluding ortho intramolecular Hbond substituents is 1. The van der Waals surface area contributed by atoms with Gasteiger partial charge in [0.05, 0.1) is 10.9 Å². The number of aryl methyl sites for hydroxylation is 2. The van der Waals surface area contributed by atoms with Gasteiger partial charge < -0.3 is 5.11 Å². The van der Waals surface area contributed by atoms with E-state index in [0.29, 0.717) is 11.4 Å². The van der Waals surface area contributed by atoms with Crippen LogP contribution in [-0.2, 0) is 12.8 Å². The molecule has 0 fully saturated rings.